The van der Waals surface area contributed by atoms with Crippen LogP contribution in [0.1, 0.15) is 18.4 Å². The van der Waals surface area contributed by atoms with Crippen molar-refractivity contribution in [2.75, 3.05) is 25.0 Å². The number of aryl methyl sites for hydroxylation is 1. The average molecular weight is 337 g/mol. The third-order valence-electron chi connectivity index (χ3n) is 4.63. The largest absolute Gasteiger partial charge is 0.456 e. The average Bonchev–Trinajstić information content (AvgIpc) is 3.07. The van der Waals surface area contributed by atoms with Gasteiger partial charge < -0.3 is 15.4 Å². The van der Waals surface area contributed by atoms with E-state index in [-0.39, 0.29) is 0 Å². The number of benzene rings is 1. The lowest BCUT2D eigenvalue weighted by molar-refractivity contribution is 0.392. The number of pyridine rings is 1. The summed E-state index contributed by atoms with van der Waals surface area (Å²) in [6.45, 7) is 5.14. The Hall–Kier alpha value is -2.60. The maximum atomic E-state index is 6.09. The molecule has 6 heteroatoms. The normalized spacial score (nSPS) is 17.6. The molecule has 130 valence electrons. The lowest BCUT2D eigenvalue weighted by Gasteiger charge is -2.22. The number of rotatable bonds is 5. The predicted octanol–water partition coefficient (Wildman–Crippen LogP) is 3.47. The summed E-state index contributed by atoms with van der Waals surface area (Å²) in [4.78, 5) is 4.36. The van der Waals surface area contributed by atoms with Crippen LogP contribution in [0, 0.1) is 12.8 Å². The number of fused-ring (bicyclic) bond motifs is 1. The Balaban J connectivity index is 1.56. The van der Waals surface area contributed by atoms with E-state index in [1.54, 1.807) is 6.20 Å². The fourth-order valence-electron chi connectivity index (χ4n) is 3.21. The molecule has 0 radical (unpaired) electrons. The van der Waals surface area contributed by atoms with E-state index < -0.39 is 0 Å². The molecule has 0 aliphatic carbocycles. The topological polar surface area (TPSA) is 74.9 Å². The first kappa shape index (κ1) is 15.9. The highest BCUT2D eigenvalue weighted by Crippen LogP contribution is 2.32. The molecule has 2 aromatic heterocycles. The zero-order chi connectivity index (χ0) is 17.1. The quantitative estimate of drug-likeness (QED) is 0.665. The van der Waals surface area contributed by atoms with E-state index in [1.807, 2.05) is 30.3 Å². The Bertz CT molecular complexity index is 837. The first-order chi connectivity index (χ1) is 12.3. The summed E-state index contributed by atoms with van der Waals surface area (Å²) in [6.07, 6.45) is 4.21. The first-order valence-corrected chi connectivity index (χ1v) is 8.82. The number of nitrogens with zero attached hydrogens (tertiary/aromatic N) is 2. The fraction of sp³-hybridized carbons (Fsp3) is 0.368. The number of ether oxygens (including phenoxy) is 1. The van der Waals surface area contributed by atoms with Crippen molar-refractivity contribution in [2.24, 2.45) is 5.92 Å². The van der Waals surface area contributed by atoms with Gasteiger partial charge in [0, 0.05) is 18.8 Å². The number of hydrogen-bond donors (Lipinski definition) is 3. The molecule has 25 heavy (non-hydrogen) atoms. The van der Waals surface area contributed by atoms with E-state index in [0.29, 0.717) is 5.92 Å². The Labute approximate surface area is 147 Å². The lowest BCUT2D eigenvalue weighted by atomic mass is 10.00. The molecule has 0 unspecified atom stereocenters. The van der Waals surface area contributed by atoms with Gasteiger partial charge in [-0.1, -0.05) is 17.7 Å². The van der Waals surface area contributed by atoms with Crippen LogP contribution in [-0.4, -0.2) is 34.8 Å². The smallest absolute Gasteiger partial charge is 0.161 e. The molecule has 0 spiro atoms. The minimum atomic E-state index is 0.624. The first-order valence-electron chi connectivity index (χ1n) is 8.82. The van der Waals surface area contributed by atoms with Gasteiger partial charge in [-0.15, -0.1) is 0 Å². The van der Waals surface area contributed by atoms with Crippen LogP contribution in [0.25, 0.3) is 11.0 Å². The second-order valence-corrected chi connectivity index (χ2v) is 6.61. The molecular weight excluding hydrogens is 314 g/mol. The van der Waals surface area contributed by atoms with E-state index in [9.17, 15) is 0 Å². The molecule has 3 aromatic rings. The maximum Gasteiger partial charge on any atom is 0.161 e. The summed E-state index contributed by atoms with van der Waals surface area (Å²) < 4.78 is 6.09. The molecule has 0 bridgehead atoms. The number of hydrogen-bond acceptors (Lipinski definition) is 5. The summed E-state index contributed by atoms with van der Waals surface area (Å²) >= 11 is 0. The molecule has 1 aliphatic heterocycles. The van der Waals surface area contributed by atoms with Crippen molar-refractivity contribution in [3.05, 3.63) is 42.1 Å². The predicted molar refractivity (Wildman–Crippen MR) is 99.2 cm³/mol. The standard InChI is InChI=1S/C19H23N5O/c1-13-4-6-15(7-5-13)25-16-8-10-21-18-17(16)19(24-23-18)22-12-14-3-2-9-20-11-14/h4-8,10,14,20H,2-3,9,11-12H2,1H3,(H2,21,22,23,24)/t14-/m1/s1. The number of H-pyrrole nitrogens is 1. The molecule has 4 rings (SSSR count). The van der Waals surface area contributed by atoms with Gasteiger partial charge in [0.25, 0.3) is 0 Å². The van der Waals surface area contributed by atoms with E-state index in [1.165, 1.54) is 18.4 Å². The van der Waals surface area contributed by atoms with E-state index >= 15 is 0 Å². The highest BCUT2D eigenvalue weighted by molar-refractivity contribution is 5.92. The van der Waals surface area contributed by atoms with Gasteiger partial charge in [0.1, 0.15) is 16.9 Å². The summed E-state index contributed by atoms with van der Waals surface area (Å²) in [5, 5.41) is 15.2. The van der Waals surface area contributed by atoms with Crippen molar-refractivity contribution in [2.45, 2.75) is 19.8 Å². The summed E-state index contributed by atoms with van der Waals surface area (Å²) in [5.74, 6) is 2.99. The Morgan fingerprint density at radius 1 is 1.24 bits per heavy atom. The van der Waals surface area contributed by atoms with Gasteiger partial charge in [0.2, 0.25) is 0 Å². The molecule has 6 nitrogen and oxygen atoms in total. The number of aromatic amines is 1. The van der Waals surface area contributed by atoms with Crippen molar-refractivity contribution in [3.63, 3.8) is 0 Å². The number of nitrogens with one attached hydrogen (secondary N) is 3. The van der Waals surface area contributed by atoms with Crippen molar-refractivity contribution in [1.29, 1.82) is 0 Å². The molecule has 3 heterocycles. The zero-order valence-corrected chi connectivity index (χ0v) is 14.4. The number of piperidine rings is 1. The third-order valence-corrected chi connectivity index (χ3v) is 4.63. The monoisotopic (exact) mass is 337 g/mol. The summed E-state index contributed by atoms with van der Waals surface area (Å²) in [5.41, 5.74) is 1.94. The highest BCUT2D eigenvalue weighted by atomic mass is 16.5. The van der Waals surface area contributed by atoms with Crippen molar-refractivity contribution < 1.29 is 4.74 Å². The summed E-state index contributed by atoms with van der Waals surface area (Å²) in [7, 11) is 0. The van der Waals surface area contributed by atoms with Gasteiger partial charge in [-0.2, -0.15) is 5.10 Å². The van der Waals surface area contributed by atoms with Crippen LogP contribution in [0.2, 0.25) is 0 Å². The van der Waals surface area contributed by atoms with Gasteiger partial charge in [0.05, 0.1) is 0 Å². The van der Waals surface area contributed by atoms with Crippen molar-refractivity contribution in [1.82, 2.24) is 20.5 Å². The van der Waals surface area contributed by atoms with E-state index in [0.717, 1.165) is 48.0 Å². The Kier molecular flexibility index (Phi) is 4.52. The van der Waals surface area contributed by atoms with Crippen LogP contribution >= 0.6 is 0 Å². The van der Waals surface area contributed by atoms with Crippen LogP contribution < -0.4 is 15.4 Å². The highest BCUT2D eigenvalue weighted by Gasteiger charge is 2.16. The van der Waals surface area contributed by atoms with Crippen molar-refractivity contribution >= 4 is 16.9 Å². The molecule has 0 amide bonds. The molecule has 1 aliphatic rings. The molecule has 1 atom stereocenters. The summed E-state index contributed by atoms with van der Waals surface area (Å²) in [6, 6.07) is 9.91. The maximum absolute atomic E-state index is 6.09. The van der Waals surface area contributed by atoms with Crippen LogP contribution in [0.3, 0.4) is 0 Å². The van der Waals surface area contributed by atoms with Crippen LogP contribution in [0.15, 0.2) is 36.5 Å². The molecule has 0 saturated carbocycles. The minimum absolute atomic E-state index is 0.624. The van der Waals surface area contributed by atoms with Gasteiger partial charge in [0.15, 0.2) is 11.5 Å². The molecule has 1 saturated heterocycles. The second kappa shape index (κ2) is 7.11. The Morgan fingerprint density at radius 3 is 2.92 bits per heavy atom. The van der Waals surface area contributed by atoms with Gasteiger partial charge in [-0.05, 0) is 50.9 Å². The third kappa shape index (κ3) is 3.58. The molecule has 1 fully saturated rings. The van der Waals surface area contributed by atoms with E-state index in [2.05, 4.69) is 32.7 Å². The minimum Gasteiger partial charge on any atom is -0.456 e. The van der Waals surface area contributed by atoms with Crippen LogP contribution in [0.5, 0.6) is 11.5 Å². The van der Waals surface area contributed by atoms with Crippen LogP contribution in [0.4, 0.5) is 5.82 Å². The second-order valence-electron chi connectivity index (χ2n) is 6.61. The van der Waals surface area contributed by atoms with Crippen molar-refractivity contribution in [3.8, 4) is 11.5 Å². The van der Waals surface area contributed by atoms with Gasteiger partial charge in [-0.3, -0.25) is 5.10 Å². The number of aromatic nitrogens is 3. The SMILES string of the molecule is Cc1ccc(Oc2ccnc3[nH]nc(NC[C@@H]4CCCNC4)c23)cc1. The molecule has 3 N–H and O–H groups in total. The van der Waals surface area contributed by atoms with Crippen LogP contribution in [-0.2, 0) is 0 Å². The molecular formula is C19H23N5O. The lowest BCUT2D eigenvalue weighted by Crippen LogP contribution is -2.33. The van der Waals surface area contributed by atoms with Gasteiger partial charge in [-0.25, -0.2) is 4.98 Å². The Morgan fingerprint density at radius 2 is 2.12 bits per heavy atom. The van der Waals surface area contributed by atoms with Gasteiger partial charge >= 0.3 is 0 Å². The zero-order valence-electron chi connectivity index (χ0n) is 14.4. The van der Waals surface area contributed by atoms with E-state index in [4.69, 9.17) is 4.74 Å². The number of anilines is 1. The molecule has 1 aromatic carbocycles. The fourth-order valence-corrected chi connectivity index (χ4v) is 3.21.